The zero-order valence-corrected chi connectivity index (χ0v) is 17.2. The fourth-order valence-corrected chi connectivity index (χ4v) is 4.52. The van der Waals surface area contributed by atoms with E-state index >= 15 is 0 Å². The molecule has 0 saturated carbocycles. The number of aryl methyl sites for hydroxylation is 1. The molecule has 0 N–H and O–H groups in total. The molecule has 1 unspecified atom stereocenters. The number of hydrogen-bond acceptors (Lipinski definition) is 3. The van der Waals surface area contributed by atoms with E-state index in [-0.39, 0.29) is 17.7 Å². The fourth-order valence-electron chi connectivity index (χ4n) is 4.52. The first-order valence-electron chi connectivity index (χ1n) is 10.4. The maximum absolute atomic E-state index is 13.4. The second-order valence-corrected chi connectivity index (χ2v) is 7.98. The highest BCUT2D eigenvalue weighted by molar-refractivity contribution is 6.01. The summed E-state index contributed by atoms with van der Waals surface area (Å²) in [6, 6.07) is 14.1. The van der Waals surface area contributed by atoms with E-state index in [1.54, 1.807) is 7.11 Å². The molecule has 1 saturated heterocycles. The summed E-state index contributed by atoms with van der Waals surface area (Å²) in [5.74, 6) is 0.580. The number of nitrogens with zero attached hydrogens (tertiary/aromatic N) is 2. The Balaban J connectivity index is 1.49. The molecule has 29 heavy (non-hydrogen) atoms. The lowest BCUT2D eigenvalue weighted by atomic mass is 9.94. The van der Waals surface area contributed by atoms with Crippen molar-refractivity contribution in [1.29, 1.82) is 0 Å². The molecule has 0 spiro atoms. The minimum Gasteiger partial charge on any atom is -0.495 e. The second-order valence-electron chi connectivity index (χ2n) is 7.98. The van der Waals surface area contributed by atoms with Crippen LogP contribution < -0.4 is 9.64 Å². The van der Waals surface area contributed by atoms with Crippen molar-refractivity contribution in [3.63, 3.8) is 0 Å². The number of likely N-dealkylation sites (tertiary alicyclic amines) is 1. The Morgan fingerprint density at radius 1 is 1.17 bits per heavy atom. The predicted molar refractivity (Wildman–Crippen MR) is 113 cm³/mol. The third-order valence-electron chi connectivity index (χ3n) is 6.12. The van der Waals surface area contributed by atoms with Crippen LogP contribution >= 0.6 is 0 Å². The average Bonchev–Trinajstić information content (AvgIpc) is 3.13. The lowest BCUT2D eigenvalue weighted by molar-refractivity contribution is -0.128. The predicted octanol–water partition coefficient (Wildman–Crippen LogP) is 3.37. The monoisotopic (exact) mass is 392 g/mol. The van der Waals surface area contributed by atoms with Gasteiger partial charge in [0.15, 0.2) is 0 Å². The fraction of sp³-hybridized carbons (Fsp3) is 0.417. The lowest BCUT2D eigenvalue weighted by Gasteiger charge is -2.33. The molecule has 0 aromatic heterocycles. The van der Waals surface area contributed by atoms with Crippen LogP contribution in [0.3, 0.4) is 0 Å². The Labute approximate surface area is 172 Å². The molecule has 2 aliphatic rings. The van der Waals surface area contributed by atoms with Crippen molar-refractivity contribution in [2.45, 2.75) is 32.6 Å². The second kappa shape index (κ2) is 8.27. The van der Waals surface area contributed by atoms with Crippen LogP contribution in [0, 0.1) is 12.8 Å². The Bertz CT molecular complexity index is 910. The van der Waals surface area contributed by atoms with Gasteiger partial charge in [-0.2, -0.15) is 0 Å². The molecule has 1 atom stereocenters. The van der Waals surface area contributed by atoms with Gasteiger partial charge in [-0.3, -0.25) is 9.59 Å². The van der Waals surface area contributed by atoms with Crippen molar-refractivity contribution in [2.24, 2.45) is 5.92 Å². The zero-order chi connectivity index (χ0) is 20.4. The maximum Gasteiger partial charge on any atom is 0.232 e. The molecular weight excluding hydrogens is 364 g/mol. The van der Waals surface area contributed by atoms with Crippen molar-refractivity contribution < 1.29 is 14.3 Å². The first-order valence-corrected chi connectivity index (χ1v) is 10.4. The molecule has 5 heteroatoms. The molecule has 0 bridgehead atoms. The van der Waals surface area contributed by atoms with Gasteiger partial charge in [0.05, 0.1) is 18.7 Å². The number of carbonyl (C=O) groups excluding carboxylic acids is 2. The minimum absolute atomic E-state index is 0.0467. The third-order valence-corrected chi connectivity index (χ3v) is 6.12. The summed E-state index contributed by atoms with van der Waals surface area (Å²) < 4.78 is 5.57. The van der Waals surface area contributed by atoms with Gasteiger partial charge < -0.3 is 14.5 Å². The van der Waals surface area contributed by atoms with Crippen LogP contribution in [0.15, 0.2) is 42.5 Å². The Hall–Kier alpha value is -2.82. The van der Waals surface area contributed by atoms with Crippen LogP contribution in [-0.4, -0.2) is 43.5 Å². The van der Waals surface area contributed by atoms with Crippen molar-refractivity contribution in [3.05, 3.63) is 59.2 Å². The summed E-state index contributed by atoms with van der Waals surface area (Å²) >= 11 is 0. The van der Waals surface area contributed by atoms with E-state index in [0.717, 1.165) is 30.7 Å². The van der Waals surface area contributed by atoms with Gasteiger partial charge in [0.25, 0.3) is 0 Å². The third kappa shape index (κ3) is 3.86. The summed E-state index contributed by atoms with van der Waals surface area (Å²) in [7, 11) is 1.65. The van der Waals surface area contributed by atoms with Crippen molar-refractivity contribution >= 4 is 17.5 Å². The van der Waals surface area contributed by atoms with Crippen molar-refractivity contribution in [1.82, 2.24) is 4.90 Å². The quantitative estimate of drug-likeness (QED) is 0.784. The van der Waals surface area contributed by atoms with E-state index in [9.17, 15) is 9.59 Å². The average molecular weight is 392 g/mol. The van der Waals surface area contributed by atoms with Gasteiger partial charge in [-0.25, -0.2) is 0 Å². The minimum atomic E-state index is -0.283. The molecule has 2 heterocycles. The van der Waals surface area contributed by atoms with E-state index in [2.05, 4.69) is 25.1 Å². The largest absolute Gasteiger partial charge is 0.495 e. The number of methoxy groups -OCH3 is 1. The van der Waals surface area contributed by atoms with Crippen LogP contribution in [0.5, 0.6) is 5.75 Å². The van der Waals surface area contributed by atoms with E-state index in [1.165, 1.54) is 16.7 Å². The first kappa shape index (κ1) is 19.5. The van der Waals surface area contributed by atoms with Gasteiger partial charge in [-0.05, 0) is 48.9 Å². The Morgan fingerprint density at radius 2 is 1.97 bits per heavy atom. The molecule has 0 radical (unpaired) electrons. The van der Waals surface area contributed by atoms with Gasteiger partial charge in [0.2, 0.25) is 11.8 Å². The van der Waals surface area contributed by atoms with Crippen LogP contribution in [0.2, 0.25) is 0 Å². The van der Waals surface area contributed by atoms with E-state index in [1.807, 2.05) is 34.1 Å². The van der Waals surface area contributed by atoms with E-state index in [0.29, 0.717) is 26.1 Å². The summed E-state index contributed by atoms with van der Waals surface area (Å²) in [4.78, 5) is 29.7. The molecule has 4 rings (SSSR count). The number of benzene rings is 2. The number of anilines is 1. The van der Waals surface area contributed by atoms with Gasteiger partial charge in [0, 0.05) is 26.1 Å². The van der Waals surface area contributed by atoms with E-state index in [4.69, 9.17) is 4.74 Å². The number of hydrogen-bond donors (Lipinski definition) is 0. The van der Waals surface area contributed by atoms with Crippen LogP contribution in [0.4, 0.5) is 5.69 Å². The van der Waals surface area contributed by atoms with Crippen LogP contribution in [0.25, 0.3) is 0 Å². The summed E-state index contributed by atoms with van der Waals surface area (Å²) in [6.07, 6.45) is 3.00. The van der Waals surface area contributed by atoms with Crippen LogP contribution in [0.1, 0.15) is 29.5 Å². The molecule has 5 nitrogen and oxygen atoms in total. The molecule has 2 amide bonds. The van der Waals surface area contributed by atoms with E-state index < -0.39 is 0 Å². The number of rotatable bonds is 5. The van der Waals surface area contributed by atoms with Gasteiger partial charge in [0.1, 0.15) is 5.75 Å². The normalized spacial score (nSPS) is 18.7. The molecule has 0 aliphatic carbocycles. The molecule has 1 fully saturated rings. The zero-order valence-electron chi connectivity index (χ0n) is 17.2. The summed E-state index contributed by atoms with van der Waals surface area (Å²) in [6.45, 7) is 3.92. The highest BCUT2D eigenvalue weighted by Crippen LogP contribution is 2.39. The van der Waals surface area contributed by atoms with Crippen molar-refractivity contribution in [3.8, 4) is 5.75 Å². The standard InChI is InChI=1S/C24H28N2O3/c1-17-10-11-21(29-2)23-20(17)9-6-13-26(23)24(28)19-15-22(27)25(16-19)14-12-18-7-4-3-5-8-18/h3-5,7-8,10-11,19H,6,9,12-16H2,1-2H3. The van der Waals surface area contributed by atoms with Crippen LogP contribution in [-0.2, 0) is 22.4 Å². The highest BCUT2D eigenvalue weighted by atomic mass is 16.5. The smallest absolute Gasteiger partial charge is 0.232 e. The summed E-state index contributed by atoms with van der Waals surface area (Å²) in [5.41, 5.74) is 4.48. The molecule has 2 aromatic rings. The molecule has 2 aromatic carbocycles. The van der Waals surface area contributed by atoms with Gasteiger partial charge in [-0.1, -0.05) is 36.4 Å². The molecular formula is C24H28N2O3. The molecule has 2 aliphatic heterocycles. The summed E-state index contributed by atoms with van der Waals surface area (Å²) in [5, 5.41) is 0. The van der Waals surface area contributed by atoms with Gasteiger partial charge in [-0.15, -0.1) is 0 Å². The highest BCUT2D eigenvalue weighted by Gasteiger charge is 2.38. The van der Waals surface area contributed by atoms with Gasteiger partial charge >= 0.3 is 0 Å². The SMILES string of the molecule is COc1ccc(C)c2c1N(C(=O)C1CC(=O)N(CCc3ccccc3)C1)CCC2. The Morgan fingerprint density at radius 3 is 2.72 bits per heavy atom. The van der Waals surface area contributed by atoms with Crippen molar-refractivity contribution in [2.75, 3.05) is 31.6 Å². The number of carbonyl (C=O) groups is 2. The lowest BCUT2D eigenvalue weighted by Crippen LogP contribution is -2.41. The maximum atomic E-state index is 13.4. The number of amides is 2. The number of ether oxygens (including phenoxy) is 1. The number of fused-ring (bicyclic) bond motifs is 1. The topological polar surface area (TPSA) is 49.9 Å². The first-order chi connectivity index (χ1) is 14.1. The molecule has 152 valence electrons. The Kier molecular flexibility index (Phi) is 5.56.